The highest BCUT2D eigenvalue weighted by atomic mass is 31.2. The first kappa shape index (κ1) is 51.5. The monoisotopic (exact) mass is 772 g/mol. The van der Waals surface area contributed by atoms with Crippen LogP contribution in [0.15, 0.2) is 24.3 Å². The summed E-state index contributed by atoms with van der Waals surface area (Å²) in [4.78, 5) is 45.3. The van der Waals surface area contributed by atoms with E-state index in [0.29, 0.717) is 19.4 Å². The van der Waals surface area contributed by atoms with Gasteiger partial charge in [0.1, 0.15) is 26.3 Å². The Morgan fingerprint density at radius 2 is 1.00 bits per heavy atom. The van der Waals surface area contributed by atoms with E-state index in [0.717, 1.165) is 70.6 Å². The van der Waals surface area contributed by atoms with Crippen molar-refractivity contribution < 1.29 is 42.4 Å². The van der Waals surface area contributed by atoms with Crippen LogP contribution in [0.25, 0.3) is 0 Å². The van der Waals surface area contributed by atoms with E-state index in [4.69, 9.17) is 14.4 Å². The van der Waals surface area contributed by atoms with Crippen molar-refractivity contribution in [3.63, 3.8) is 0 Å². The number of nitrogens with zero attached hydrogens (tertiary/aromatic N) is 1. The Labute approximate surface area is 325 Å². The maximum atomic E-state index is 12.8. The lowest BCUT2D eigenvalue weighted by Gasteiger charge is -2.33. The zero-order valence-electron chi connectivity index (χ0n) is 34.7. The van der Waals surface area contributed by atoms with E-state index >= 15 is 0 Å². The molecule has 9 nitrogen and oxygen atoms in total. The Hall–Kier alpha value is -1.51. The quantitative estimate of drug-likeness (QED) is 0.0215. The highest BCUT2D eigenvalue weighted by Gasteiger charge is 2.27. The van der Waals surface area contributed by atoms with Crippen molar-refractivity contribution in [1.29, 1.82) is 0 Å². The number of unbranched alkanes of at least 4 members (excludes halogenated alkanes) is 22. The van der Waals surface area contributed by atoms with E-state index in [-0.39, 0.29) is 36.2 Å². The molecule has 0 aromatic rings. The fraction of sp³-hybridized carbons (Fsp3) is 0.860. The smallest absolute Gasteiger partial charge is 0.306 e. The first-order chi connectivity index (χ1) is 25.5. The molecule has 0 aliphatic carbocycles. The predicted octanol–water partition coefficient (Wildman–Crippen LogP) is 11.1. The third-order valence-electron chi connectivity index (χ3n) is 9.66. The van der Waals surface area contributed by atoms with Gasteiger partial charge in [-0.25, -0.2) is 0 Å². The maximum Gasteiger partial charge on any atom is 0.306 e. The number of quaternary nitrogens is 1. The van der Waals surface area contributed by atoms with Gasteiger partial charge in [-0.15, -0.1) is 0 Å². The Morgan fingerprint density at radius 3 is 1.42 bits per heavy atom. The highest BCUT2D eigenvalue weighted by molar-refractivity contribution is 7.44. The number of carbonyl (C=O) groups excluding carboxylic acids is 2. The molecule has 0 radical (unpaired) electrons. The summed E-state index contributed by atoms with van der Waals surface area (Å²) in [7, 11) is -1.14. The van der Waals surface area contributed by atoms with Gasteiger partial charge < -0.3 is 28.3 Å². The van der Waals surface area contributed by atoms with E-state index in [9.17, 15) is 19.0 Å². The molecule has 1 N–H and O–H groups in total. The van der Waals surface area contributed by atoms with Crippen LogP contribution in [0.5, 0.6) is 0 Å². The van der Waals surface area contributed by atoms with Gasteiger partial charge in [-0.05, 0) is 64.2 Å². The minimum absolute atomic E-state index is 0.0510. The van der Waals surface area contributed by atoms with Gasteiger partial charge in [0, 0.05) is 12.8 Å². The summed E-state index contributed by atoms with van der Waals surface area (Å²) in [6.45, 7) is 4.79. The van der Waals surface area contributed by atoms with Crippen molar-refractivity contribution in [2.45, 2.75) is 200 Å². The average Bonchev–Trinajstić information content (AvgIpc) is 3.09. The minimum Gasteiger partial charge on any atom is -0.756 e. The molecule has 10 heteroatoms. The minimum atomic E-state index is -4.82. The largest absolute Gasteiger partial charge is 0.756 e. The molecule has 0 aliphatic rings. The van der Waals surface area contributed by atoms with Gasteiger partial charge >= 0.3 is 11.9 Å². The molecular weight excluding hydrogens is 689 g/mol. The second kappa shape index (κ2) is 36.1. The van der Waals surface area contributed by atoms with Crippen LogP contribution in [0.4, 0.5) is 0 Å². The molecule has 0 aliphatic heterocycles. The maximum absolute atomic E-state index is 12.8. The lowest BCUT2D eigenvalue weighted by molar-refractivity contribution is -0.893. The van der Waals surface area contributed by atoms with Gasteiger partial charge in [0.05, 0.1) is 14.1 Å². The van der Waals surface area contributed by atoms with Crippen molar-refractivity contribution in [3.8, 4) is 0 Å². The predicted molar refractivity (Wildman–Crippen MR) is 217 cm³/mol. The zero-order chi connectivity index (χ0) is 39.3. The van der Waals surface area contributed by atoms with E-state index in [1.807, 2.05) is 14.1 Å². The SMILES string of the molecule is CCCCCCCCC=CCCCCCCCC(=O)OCC(C[N+](C)(C)CCOP(=O)([O-])O)OC(=O)CCCCCCCC=CCCCCCCCC. The molecule has 0 bridgehead atoms. The number of phosphoric acid groups is 1. The van der Waals surface area contributed by atoms with Gasteiger partial charge in [-0.2, -0.15) is 0 Å². The number of esters is 2. The van der Waals surface area contributed by atoms with Gasteiger partial charge in [0.25, 0.3) is 7.82 Å². The van der Waals surface area contributed by atoms with Crippen LogP contribution in [0.1, 0.15) is 194 Å². The number of rotatable bonds is 39. The molecule has 0 amide bonds. The lowest BCUT2D eigenvalue weighted by Crippen LogP contribution is -2.49. The highest BCUT2D eigenvalue weighted by Crippen LogP contribution is 2.30. The fourth-order valence-corrected chi connectivity index (χ4v) is 6.67. The Kier molecular flexibility index (Phi) is 35.1. The summed E-state index contributed by atoms with van der Waals surface area (Å²) >= 11 is 0. The van der Waals surface area contributed by atoms with Crippen molar-refractivity contribution in [2.24, 2.45) is 0 Å². The van der Waals surface area contributed by atoms with Gasteiger partial charge in [0.2, 0.25) is 0 Å². The Balaban J connectivity index is 4.36. The Bertz CT molecular complexity index is 964. The van der Waals surface area contributed by atoms with Gasteiger partial charge in [-0.3, -0.25) is 14.2 Å². The summed E-state index contributed by atoms with van der Waals surface area (Å²) < 4.78 is 27.1. The molecule has 0 aromatic carbocycles. The van der Waals surface area contributed by atoms with Gasteiger partial charge in [0.15, 0.2) is 6.10 Å². The zero-order valence-corrected chi connectivity index (χ0v) is 35.6. The van der Waals surface area contributed by atoms with Crippen LogP contribution < -0.4 is 4.89 Å². The van der Waals surface area contributed by atoms with Crippen LogP contribution >= 0.6 is 7.82 Å². The van der Waals surface area contributed by atoms with Crippen LogP contribution in [0.3, 0.4) is 0 Å². The van der Waals surface area contributed by atoms with Crippen LogP contribution in [-0.2, 0) is 28.2 Å². The third-order valence-corrected chi connectivity index (χ3v) is 10.2. The summed E-state index contributed by atoms with van der Waals surface area (Å²) in [5, 5.41) is 0. The molecule has 0 saturated carbocycles. The van der Waals surface area contributed by atoms with E-state index in [1.54, 1.807) is 0 Å². The summed E-state index contributed by atoms with van der Waals surface area (Å²) in [5.41, 5.74) is 0. The average molecular weight is 772 g/mol. The topological polar surface area (TPSA) is 122 Å². The number of allylic oxidation sites excluding steroid dienone is 4. The summed E-state index contributed by atoms with van der Waals surface area (Å²) in [6.07, 6.45) is 40.1. The van der Waals surface area contributed by atoms with Gasteiger partial charge in [-0.1, -0.05) is 141 Å². The molecule has 0 heterocycles. The van der Waals surface area contributed by atoms with E-state index in [1.165, 1.54) is 96.3 Å². The van der Waals surface area contributed by atoms with Crippen molar-refractivity contribution in [1.82, 2.24) is 0 Å². The van der Waals surface area contributed by atoms with Crippen molar-refractivity contribution in [3.05, 3.63) is 24.3 Å². The lowest BCUT2D eigenvalue weighted by atomic mass is 10.1. The molecule has 0 aromatic heterocycles. The molecule has 312 valence electrons. The second-order valence-electron chi connectivity index (χ2n) is 15.6. The third kappa shape index (κ3) is 40.0. The molecule has 0 saturated heterocycles. The standard InChI is InChI=1S/C43H82NO8P/c1-5-7-9-11-13-15-17-19-21-23-25-27-29-31-33-35-42(45)50-40-41(39-44(3,4)37-38-51-53(47,48)49)52-43(46)36-34-32-30-28-26-24-22-20-18-16-14-12-10-8-6-2/h19-22,41H,5-18,23-40H2,1-4H3,(H-,47,48,49). The molecule has 0 fully saturated rings. The number of phosphoric ester groups is 1. The van der Waals surface area contributed by atoms with Crippen LogP contribution in [0.2, 0.25) is 0 Å². The summed E-state index contributed by atoms with van der Waals surface area (Å²) in [5.74, 6) is -0.626. The number of hydrogen-bond acceptors (Lipinski definition) is 7. The first-order valence-electron chi connectivity index (χ1n) is 21.6. The Morgan fingerprint density at radius 1 is 0.623 bits per heavy atom. The first-order valence-corrected chi connectivity index (χ1v) is 23.1. The van der Waals surface area contributed by atoms with Crippen molar-refractivity contribution >= 4 is 19.8 Å². The summed E-state index contributed by atoms with van der Waals surface area (Å²) in [6, 6.07) is 0. The normalized spacial score (nSPS) is 13.8. The number of hydrogen-bond donors (Lipinski definition) is 1. The number of carbonyl (C=O) groups is 2. The molecule has 2 unspecified atom stereocenters. The second-order valence-corrected chi connectivity index (χ2v) is 16.8. The number of ether oxygens (including phenoxy) is 2. The van der Waals surface area contributed by atoms with Crippen LogP contribution in [0, 0.1) is 0 Å². The van der Waals surface area contributed by atoms with E-state index < -0.39 is 13.9 Å². The van der Waals surface area contributed by atoms with Crippen LogP contribution in [-0.4, -0.2) is 67.8 Å². The fourth-order valence-electron chi connectivity index (χ4n) is 6.35. The molecular formula is C43H82NO8P. The van der Waals surface area contributed by atoms with E-state index in [2.05, 4.69) is 42.7 Å². The molecule has 53 heavy (non-hydrogen) atoms. The molecule has 0 rings (SSSR count). The number of likely N-dealkylation sites (N-methyl/N-ethyl adjacent to an activating group) is 1. The van der Waals surface area contributed by atoms with Crippen molar-refractivity contribution in [2.75, 3.05) is 40.4 Å². The molecule has 0 spiro atoms. The molecule has 2 atom stereocenters.